The van der Waals surface area contributed by atoms with Gasteiger partial charge < -0.3 is 5.32 Å². The van der Waals surface area contributed by atoms with E-state index in [9.17, 15) is 13.2 Å². The third kappa shape index (κ3) is 3.29. The maximum Gasteiger partial charge on any atom is 0.268 e. The molecular weight excluding hydrogens is 334 g/mol. The van der Waals surface area contributed by atoms with E-state index in [1.54, 1.807) is 17.6 Å². The largest absolute Gasteiger partial charge is 0.306 e. The molecule has 23 heavy (non-hydrogen) atoms. The fourth-order valence-corrected chi connectivity index (χ4v) is 5.32. The summed E-state index contributed by atoms with van der Waals surface area (Å²) in [6.07, 6.45) is 3.32. The highest BCUT2D eigenvalue weighted by Crippen LogP contribution is 2.28. The molecule has 1 amide bonds. The average molecular weight is 351 g/mol. The number of aryl methyl sites for hydroxylation is 1. The lowest BCUT2D eigenvalue weighted by molar-refractivity contribution is 0.102. The summed E-state index contributed by atoms with van der Waals surface area (Å²) in [7, 11) is -3.61. The van der Waals surface area contributed by atoms with E-state index >= 15 is 0 Å². The van der Waals surface area contributed by atoms with Crippen LogP contribution in [-0.4, -0.2) is 36.7 Å². The van der Waals surface area contributed by atoms with Gasteiger partial charge in [-0.25, -0.2) is 13.4 Å². The van der Waals surface area contributed by atoms with Gasteiger partial charge in [0.2, 0.25) is 10.0 Å². The summed E-state index contributed by atoms with van der Waals surface area (Å²) in [5, 5.41) is 4.29. The number of rotatable bonds is 4. The second-order valence-electron chi connectivity index (χ2n) is 5.40. The van der Waals surface area contributed by atoms with Crippen molar-refractivity contribution in [3.63, 3.8) is 0 Å². The quantitative estimate of drug-likeness (QED) is 0.918. The predicted molar refractivity (Wildman–Crippen MR) is 89.2 cm³/mol. The van der Waals surface area contributed by atoms with Crippen molar-refractivity contribution in [3.05, 3.63) is 40.2 Å². The van der Waals surface area contributed by atoms with Crippen LogP contribution in [0.5, 0.6) is 0 Å². The zero-order chi connectivity index (χ0) is 16.4. The number of sulfonamides is 1. The van der Waals surface area contributed by atoms with Crippen molar-refractivity contribution < 1.29 is 13.2 Å². The van der Waals surface area contributed by atoms with E-state index in [4.69, 9.17) is 0 Å². The van der Waals surface area contributed by atoms with Gasteiger partial charge in [0.1, 0.15) is 15.6 Å². The Labute approximate surface area is 139 Å². The number of nitrogens with zero attached hydrogens (tertiary/aromatic N) is 2. The monoisotopic (exact) mass is 351 g/mol. The lowest BCUT2D eigenvalue weighted by Crippen LogP contribution is -2.29. The maximum atomic E-state index is 12.7. The highest BCUT2D eigenvalue weighted by molar-refractivity contribution is 7.89. The molecule has 0 radical (unpaired) electrons. The highest BCUT2D eigenvalue weighted by Gasteiger charge is 2.31. The molecule has 2 aromatic rings. The lowest BCUT2D eigenvalue weighted by atomic mass is 10.3. The second-order valence-corrected chi connectivity index (χ2v) is 8.22. The first kappa shape index (κ1) is 16.1. The van der Waals surface area contributed by atoms with E-state index in [1.165, 1.54) is 10.4 Å². The predicted octanol–water partition coefficient (Wildman–Crippen LogP) is 2.49. The molecule has 0 bridgehead atoms. The number of thiophene rings is 1. The summed E-state index contributed by atoms with van der Waals surface area (Å²) in [5.74, 6) is -0.0382. The number of hydrogen-bond acceptors (Lipinski definition) is 5. The Bertz CT molecular complexity index is 824. The van der Waals surface area contributed by atoms with Crippen molar-refractivity contribution in [2.75, 3.05) is 18.4 Å². The number of nitrogens with one attached hydrogen (secondary N) is 1. The Kier molecular flexibility index (Phi) is 4.47. The van der Waals surface area contributed by atoms with Gasteiger partial charge in [0.05, 0.1) is 0 Å². The molecule has 0 atom stereocenters. The SMILES string of the molecule is Cc1ccnc(NC(=O)c2sccc2S(=O)(=O)N2CCCC2)c1. The van der Waals surface area contributed by atoms with Crippen molar-refractivity contribution in [2.45, 2.75) is 24.7 Å². The van der Waals surface area contributed by atoms with E-state index in [2.05, 4.69) is 10.3 Å². The molecule has 3 rings (SSSR count). The summed E-state index contributed by atoms with van der Waals surface area (Å²) in [6.45, 7) is 2.92. The molecule has 1 saturated heterocycles. The third-order valence-corrected chi connectivity index (χ3v) is 6.66. The summed E-state index contributed by atoms with van der Waals surface area (Å²) in [5.41, 5.74) is 0.964. The zero-order valence-corrected chi connectivity index (χ0v) is 14.3. The number of carbonyl (C=O) groups excluding carboxylic acids is 1. The Morgan fingerprint density at radius 3 is 2.74 bits per heavy atom. The van der Waals surface area contributed by atoms with Gasteiger partial charge in [0, 0.05) is 19.3 Å². The van der Waals surface area contributed by atoms with Gasteiger partial charge in [-0.05, 0) is 48.9 Å². The molecule has 122 valence electrons. The lowest BCUT2D eigenvalue weighted by Gasteiger charge is -2.15. The van der Waals surface area contributed by atoms with Crippen molar-refractivity contribution in [2.24, 2.45) is 0 Å². The summed E-state index contributed by atoms with van der Waals surface area (Å²) in [4.78, 5) is 16.8. The molecule has 0 spiro atoms. The van der Waals surface area contributed by atoms with Gasteiger partial charge in [-0.1, -0.05) is 0 Å². The van der Waals surface area contributed by atoms with Crippen LogP contribution >= 0.6 is 11.3 Å². The fraction of sp³-hybridized carbons (Fsp3) is 0.333. The Balaban J connectivity index is 1.87. The van der Waals surface area contributed by atoms with Crippen LogP contribution < -0.4 is 5.32 Å². The van der Waals surface area contributed by atoms with Crippen LogP contribution in [0.2, 0.25) is 0 Å². The molecule has 0 aliphatic carbocycles. The molecular formula is C15H17N3O3S2. The van der Waals surface area contributed by atoms with Crippen molar-refractivity contribution in [3.8, 4) is 0 Å². The van der Waals surface area contributed by atoms with Gasteiger partial charge in [-0.15, -0.1) is 11.3 Å². The number of amides is 1. The first-order chi connectivity index (χ1) is 11.0. The van der Waals surface area contributed by atoms with Crippen molar-refractivity contribution >= 4 is 33.1 Å². The van der Waals surface area contributed by atoms with Crippen LogP contribution in [0, 0.1) is 6.92 Å². The number of anilines is 1. The topological polar surface area (TPSA) is 79.4 Å². The first-order valence-electron chi connectivity index (χ1n) is 7.30. The molecule has 1 aliphatic rings. The molecule has 2 aromatic heterocycles. The Hall–Kier alpha value is -1.77. The zero-order valence-electron chi connectivity index (χ0n) is 12.7. The summed E-state index contributed by atoms with van der Waals surface area (Å²) >= 11 is 1.12. The van der Waals surface area contributed by atoms with E-state index in [0.29, 0.717) is 18.9 Å². The minimum atomic E-state index is -3.61. The van der Waals surface area contributed by atoms with Gasteiger partial charge >= 0.3 is 0 Å². The number of hydrogen-bond donors (Lipinski definition) is 1. The van der Waals surface area contributed by atoms with Crippen LogP contribution in [-0.2, 0) is 10.0 Å². The molecule has 6 nitrogen and oxygen atoms in total. The maximum absolute atomic E-state index is 12.7. The van der Waals surface area contributed by atoms with Gasteiger partial charge in [-0.2, -0.15) is 4.31 Å². The van der Waals surface area contributed by atoms with Crippen LogP contribution in [0.1, 0.15) is 28.1 Å². The molecule has 0 unspecified atom stereocenters. The normalized spacial score (nSPS) is 15.7. The smallest absolute Gasteiger partial charge is 0.268 e. The van der Waals surface area contributed by atoms with Gasteiger partial charge in [0.15, 0.2) is 0 Å². The van der Waals surface area contributed by atoms with Gasteiger partial charge in [0.25, 0.3) is 5.91 Å². The molecule has 1 aliphatic heterocycles. The molecule has 3 heterocycles. The fourth-order valence-electron chi connectivity index (χ4n) is 2.51. The van der Waals surface area contributed by atoms with E-state index in [1.807, 2.05) is 13.0 Å². The number of carbonyl (C=O) groups is 1. The minimum Gasteiger partial charge on any atom is -0.306 e. The van der Waals surface area contributed by atoms with Crippen LogP contribution in [0.3, 0.4) is 0 Å². The summed E-state index contributed by atoms with van der Waals surface area (Å²) < 4.78 is 26.8. The van der Waals surface area contributed by atoms with E-state index in [0.717, 1.165) is 29.7 Å². The Morgan fingerprint density at radius 2 is 2.04 bits per heavy atom. The molecule has 1 N–H and O–H groups in total. The Morgan fingerprint density at radius 1 is 1.30 bits per heavy atom. The van der Waals surface area contributed by atoms with Crippen molar-refractivity contribution in [1.82, 2.24) is 9.29 Å². The van der Waals surface area contributed by atoms with Gasteiger partial charge in [-0.3, -0.25) is 4.79 Å². The molecule has 1 fully saturated rings. The van der Waals surface area contributed by atoms with Crippen LogP contribution in [0.15, 0.2) is 34.7 Å². The van der Waals surface area contributed by atoms with Crippen LogP contribution in [0.25, 0.3) is 0 Å². The second kappa shape index (κ2) is 6.38. The molecule has 0 saturated carbocycles. The molecule has 0 aromatic carbocycles. The van der Waals surface area contributed by atoms with Crippen LogP contribution in [0.4, 0.5) is 5.82 Å². The standard InChI is InChI=1S/C15H17N3O3S2/c1-11-4-6-16-13(10-11)17-15(19)14-12(5-9-22-14)23(20,21)18-7-2-3-8-18/h4-6,9-10H,2-3,7-8H2,1H3,(H,16,17,19). The van der Waals surface area contributed by atoms with E-state index < -0.39 is 15.9 Å². The van der Waals surface area contributed by atoms with E-state index in [-0.39, 0.29) is 9.77 Å². The molecule has 8 heteroatoms. The first-order valence-corrected chi connectivity index (χ1v) is 9.62. The number of aromatic nitrogens is 1. The number of pyridine rings is 1. The minimum absolute atomic E-state index is 0.0783. The summed E-state index contributed by atoms with van der Waals surface area (Å²) in [6, 6.07) is 5.06. The average Bonchev–Trinajstić information content (AvgIpc) is 3.19. The third-order valence-electron chi connectivity index (χ3n) is 3.68. The van der Waals surface area contributed by atoms with Crippen molar-refractivity contribution in [1.29, 1.82) is 0 Å². The highest BCUT2D eigenvalue weighted by atomic mass is 32.2.